The van der Waals surface area contributed by atoms with Gasteiger partial charge in [-0.3, -0.25) is 0 Å². The largest absolute Gasteiger partial charge is 0.384 e. The molecule has 0 amide bonds. The number of nitrogens with zero attached hydrogens (tertiary/aromatic N) is 2. The Morgan fingerprint density at radius 1 is 1.00 bits per heavy atom. The van der Waals surface area contributed by atoms with Gasteiger partial charge in [0.1, 0.15) is 18.0 Å². The van der Waals surface area contributed by atoms with Gasteiger partial charge < -0.3 is 11.1 Å². The first-order chi connectivity index (χ1) is 9.24. The number of anilines is 3. The molecule has 0 aliphatic rings. The Bertz CT molecular complexity index is 742. The van der Waals surface area contributed by atoms with E-state index in [9.17, 15) is 0 Å². The molecule has 19 heavy (non-hydrogen) atoms. The zero-order chi connectivity index (χ0) is 13.2. The maximum absolute atomic E-state index is 5.65. The molecule has 0 spiro atoms. The average Bonchev–Trinajstić information content (AvgIpc) is 2.42. The van der Waals surface area contributed by atoms with Crippen LogP contribution in [0.3, 0.4) is 0 Å². The highest BCUT2D eigenvalue weighted by atomic mass is 79.9. The SMILES string of the molecule is Nc1cc(Nc2ccc(Br)c3ccccc23)ncn1. The van der Waals surface area contributed by atoms with Crippen molar-refractivity contribution in [1.82, 2.24) is 9.97 Å². The zero-order valence-corrected chi connectivity index (χ0v) is 11.6. The van der Waals surface area contributed by atoms with Gasteiger partial charge in [0, 0.05) is 21.6 Å². The number of rotatable bonds is 2. The second-order valence-corrected chi connectivity index (χ2v) is 4.95. The topological polar surface area (TPSA) is 63.8 Å². The highest BCUT2D eigenvalue weighted by molar-refractivity contribution is 9.10. The molecule has 0 bridgehead atoms. The third-order valence-electron chi connectivity index (χ3n) is 2.82. The lowest BCUT2D eigenvalue weighted by molar-refractivity contribution is 1.18. The number of hydrogen-bond acceptors (Lipinski definition) is 4. The van der Waals surface area contributed by atoms with E-state index in [1.807, 2.05) is 24.3 Å². The van der Waals surface area contributed by atoms with Crippen LogP contribution < -0.4 is 11.1 Å². The number of nitrogen functional groups attached to an aromatic ring is 1. The number of benzene rings is 2. The van der Waals surface area contributed by atoms with Gasteiger partial charge in [0.05, 0.1) is 0 Å². The minimum atomic E-state index is 0.443. The summed E-state index contributed by atoms with van der Waals surface area (Å²) < 4.78 is 1.07. The Hall–Kier alpha value is -2.14. The standard InChI is InChI=1S/C14H11BrN4/c15-11-5-6-12(10-4-2-1-3-9(10)11)19-14-7-13(16)17-8-18-14/h1-8H,(H3,16,17,18,19). The summed E-state index contributed by atoms with van der Waals surface area (Å²) in [7, 11) is 0. The highest BCUT2D eigenvalue weighted by Gasteiger charge is 2.05. The van der Waals surface area contributed by atoms with Crippen molar-refractivity contribution >= 4 is 44.0 Å². The summed E-state index contributed by atoms with van der Waals surface area (Å²) in [5.74, 6) is 1.12. The van der Waals surface area contributed by atoms with Gasteiger partial charge in [-0.2, -0.15) is 0 Å². The Morgan fingerprint density at radius 2 is 1.79 bits per heavy atom. The van der Waals surface area contributed by atoms with E-state index in [4.69, 9.17) is 5.73 Å². The van der Waals surface area contributed by atoms with Crippen molar-refractivity contribution in [3.63, 3.8) is 0 Å². The van der Waals surface area contributed by atoms with Crippen LogP contribution in [0.15, 0.2) is 53.3 Å². The monoisotopic (exact) mass is 314 g/mol. The van der Waals surface area contributed by atoms with Crippen LogP contribution in [0.5, 0.6) is 0 Å². The summed E-state index contributed by atoms with van der Waals surface area (Å²) in [4.78, 5) is 8.03. The van der Waals surface area contributed by atoms with E-state index in [0.29, 0.717) is 11.6 Å². The zero-order valence-electron chi connectivity index (χ0n) is 9.97. The van der Waals surface area contributed by atoms with E-state index in [0.717, 1.165) is 20.9 Å². The van der Waals surface area contributed by atoms with Crippen molar-refractivity contribution in [3.8, 4) is 0 Å². The fourth-order valence-corrected chi connectivity index (χ4v) is 2.43. The normalized spacial score (nSPS) is 10.6. The summed E-state index contributed by atoms with van der Waals surface area (Å²) in [5, 5.41) is 5.53. The third-order valence-corrected chi connectivity index (χ3v) is 3.51. The number of nitrogens with one attached hydrogen (secondary N) is 1. The van der Waals surface area contributed by atoms with Gasteiger partial charge in [-0.05, 0) is 17.5 Å². The molecule has 3 N–H and O–H groups in total. The van der Waals surface area contributed by atoms with Crippen molar-refractivity contribution in [2.75, 3.05) is 11.1 Å². The van der Waals surface area contributed by atoms with Crippen molar-refractivity contribution in [1.29, 1.82) is 0 Å². The molecule has 0 unspecified atom stereocenters. The predicted octanol–water partition coefficient (Wildman–Crippen LogP) is 3.72. The molecule has 5 heteroatoms. The Kier molecular flexibility index (Phi) is 3.05. The van der Waals surface area contributed by atoms with Crippen LogP contribution in [-0.4, -0.2) is 9.97 Å². The van der Waals surface area contributed by atoms with E-state index in [2.05, 4.69) is 43.3 Å². The molecule has 0 fully saturated rings. The molecule has 4 nitrogen and oxygen atoms in total. The summed E-state index contributed by atoms with van der Waals surface area (Å²) in [5.41, 5.74) is 6.63. The van der Waals surface area contributed by atoms with E-state index in [-0.39, 0.29) is 0 Å². The summed E-state index contributed by atoms with van der Waals surface area (Å²) in [6.45, 7) is 0. The molecule has 0 aliphatic carbocycles. The summed E-state index contributed by atoms with van der Waals surface area (Å²) in [6.07, 6.45) is 1.44. The average molecular weight is 315 g/mol. The molecule has 2 aromatic carbocycles. The fourth-order valence-electron chi connectivity index (χ4n) is 1.95. The highest BCUT2D eigenvalue weighted by Crippen LogP contribution is 2.31. The molecular weight excluding hydrogens is 304 g/mol. The van der Waals surface area contributed by atoms with Gasteiger partial charge in [-0.1, -0.05) is 40.2 Å². The van der Waals surface area contributed by atoms with Gasteiger partial charge in [-0.25, -0.2) is 9.97 Å². The van der Waals surface area contributed by atoms with Crippen molar-refractivity contribution in [2.45, 2.75) is 0 Å². The second-order valence-electron chi connectivity index (χ2n) is 4.09. The van der Waals surface area contributed by atoms with Gasteiger partial charge >= 0.3 is 0 Å². The first-order valence-corrected chi connectivity index (χ1v) is 6.55. The smallest absolute Gasteiger partial charge is 0.135 e. The third kappa shape index (κ3) is 2.37. The lowest BCUT2D eigenvalue weighted by atomic mass is 10.1. The number of nitrogens with two attached hydrogens (primary N) is 1. The van der Waals surface area contributed by atoms with Crippen LogP contribution in [0.4, 0.5) is 17.3 Å². The van der Waals surface area contributed by atoms with Gasteiger partial charge in [0.15, 0.2) is 0 Å². The van der Waals surface area contributed by atoms with Gasteiger partial charge in [0.25, 0.3) is 0 Å². The number of fused-ring (bicyclic) bond motifs is 1. The van der Waals surface area contributed by atoms with E-state index < -0.39 is 0 Å². The van der Waals surface area contributed by atoms with Crippen LogP contribution in [0.1, 0.15) is 0 Å². The van der Waals surface area contributed by atoms with Crippen molar-refractivity contribution in [2.24, 2.45) is 0 Å². The molecule has 0 aliphatic heterocycles. The number of halogens is 1. The Balaban J connectivity index is 2.09. The lowest BCUT2D eigenvalue weighted by Crippen LogP contribution is -1.97. The Morgan fingerprint density at radius 3 is 2.58 bits per heavy atom. The van der Waals surface area contributed by atoms with Crippen molar-refractivity contribution < 1.29 is 0 Å². The van der Waals surface area contributed by atoms with E-state index in [1.165, 1.54) is 6.33 Å². The number of aromatic nitrogens is 2. The number of hydrogen-bond donors (Lipinski definition) is 2. The minimum absolute atomic E-state index is 0.443. The maximum atomic E-state index is 5.65. The quantitative estimate of drug-likeness (QED) is 0.756. The molecule has 0 saturated carbocycles. The molecule has 94 valence electrons. The van der Waals surface area contributed by atoms with Crippen LogP contribution in [0.2, 0.25) is 0 Å². The molecule has 3 rings (SSSR count). The maximum Gasteiger partial charge on any atom is 0.135 e. The first kappa shape index (κ1) is 11.9. The van der Waals surface area contributed by atoms with E-state index >= 15 is 0 Å². The molecule has 1 heterocycles. The molecule has 0 atom stereocenters. The lowest BCUT2D eigenvalue weighted by Gasteiger charge is -2.10. The Labute approximate surface area is 118 Å². The van der Waals surface area contributed by atoms with Crippen LogP contribution in [-0.2, 0) is 0 Å². The molecular formula is C14H11BrN4. The van der Waals surface area contributed by atoms with Gasteiger partial charge in [0.2, 0.25) is 0 Å². The van der Waals surface area contributed by atoms with Crippen LogP contribution in [0, 0.1) is 0 Å². The summed E-state index contributed by atoms with van der Waals surface area (Å²) >= 11 is 3.55. The van der Waals surface area contributed by atoms with Crippen LogP contribution in [0.25, 0.3) is 10.8 Å². The van der Waals surface area contributed by atoms with Gasteiger partial charge in [-0.15, -0.1) is 0 Å². The molecule has 1 aromatic heterocycles. The second kappa shape index (κ2) is 4.85. The van der Waals surface area contributed by atoms with Crippen LogP contribution >= 0.6 is 15.9 Å². The summed E-state index contributed by atoms with van der Waals surface area (Å²) in [6, 6.07) is 13.9. The molecule has 0 saturated heterocycles. The van der Waals surface area contributed by atoms with E-state index in [1.54, 1.807) is 6.07 Å². The molecule has 0 radical (unpaired) electrons. The first-order valence-electron chi connectivity index (χ1n) is 5.76. The molecule has 3 aromatic rings. The minimum Gasteiger partial charge on any atom is -0.384 e. The fraction of sp³-hybridized carbons (Fsp3) is 0. The predicted molar refractivity (Wildman–Crippen MR) is 81.4 cm³/mol. The van der Waals surface area contributed by atoms with Crippen molar-refractivity contribution in [3.05, 3.63) is 53.3 Å².